The second-order valence-electron chi connectivity index (χ2n) is 6.95. The largest absolute Gasteiger partial charge is 0.497 e. The molecule has 1 aliphatic heterocycles. The molecule has 1 aliphatic rings. The van der Waals surface area contributed by atoms with E-state index in [0.717, 1.165) is 11.8 Å². The fourth-order valence-corrected chi connectivity index (χ4v) is 3.58. The lowest BCUT2D eigenvalue weighted by Gasteiger charge is -2.25. The van der Waals surface area contributed by atoms with Crippen molar-refractivity contribution < 1.29 is 23.5 Å². The number of hydrogen-bond donors (Lipinski definition) is 2. The van der Waals surface area contributed by atoms with Crippen LogP contribution in [0.25, 0.3) is 0 Å². The maximum absolute atomic E-state index is 14.2. The molecule has 7 nitrogen and oxygen atoms in total. The Balaban J connectivity index is 1.80. The molecule has 0 aliphatic carbocycles. The Morgan fingerprint density at radius 3 is 2.80 bits per heavy atom. The third kappa shape index (κ3) is 4.27. The van der Waals surface area contributed by atoms with Gasteiger partial charge in [0.1, 0.15) is 23.9 Å². The van der Waals surface area contributed by atoms with Crippen LogP contribution in [0, 0.1) is 5.82 Å². The zero-order chi connectivity index (χ0) is 21.7. The van der Waals surface area contributed by atoms with E-state index in [9.17, 15) is 18.8 Å². The molecule has 0 aromatic heterocycles. The van der Waals surface area contributed by atoms with Crippen molar-refractivity contribution in [3.8, 4) is 5.75 Å². The van der Waals surface area contributed by atoms with E-state index in [4.69, 9.17) is 4.74 Å². The van der Waals surface area contributed by atoms with Crippen LogP contribution in [0.5, 0.6) is 5.75 Å². The summed E-state index contributed by atoms with van der Waals surface area (Å²) >= 11 is 0. The Kier molecular flexibility index (Phi) is 6.66. The Labute approximate surface area is 174 Å². The normalized spacial score (nSPS) is 13.6. The van der Waals surface area contributed by atoms with Gasteiger partial charge in [-0.15, -0.1) is 0 Å². The van der Waals surface area contributed by atoms with Crippen LogP contribution >= 0.6 is 0 Å². The van der Waals surface area contributed by atoms with Gasteiger partial charge in [-0.2, -0.15) is 0 Å². The third-order valence-electron chi connectivity index (χ3n) is 5.21. The van der Waals surface area contributed by atoms with Gasteiger partial charge in [-0.25, -0.2) is 4.39 Å². The van der Waals surface area contributed by atoms with Crippen molar-refractivity contribution in [3.63, 3.8) is 0 Å². The smallest absolute Gasteiger partial charge is 0.255 e. The Bertz CT molecular complexity index is 963. The molecule has 2 aromatic carbocycles. The number of methoxy groups -OCH3 is 1. The first-order valence-corrected chi connectivity index (χ1v) is 9.64. The van der Waals surface area contributed by atoms with E-state index in [1.54, 1.807) is 24.3 Å². The van der Waals surface area contributed by atoms with Gasteiger partial charge >= 0.3 is 0 Å². The number of benzene rings is 2. The van der Waals surface area contributed by atoms with Crippen molar-refractivity contribution in [2.45, 2.75) is 32.0 Å². The van der Waals surface area contributed by atoms with Gasteiger partial charge in [0, 0.05) is 55.0 Å². The molecule has 1 atom stereocenters. The number of carbonyl (C=O) groups is 3. The molecule has 8 heteroatoms. The molecule has 0 saturated carbocycles. The first kappa shape index (κ1) is 21.3. The van der Waals surface area contributed by atoms with Gasteiger partial charge < -0.3 is 25.1 Å². The lowest BCUT2D eigenvalue weighted by atomic mass is 10.1. The summed E-state index contributed by atoms with van der Waals surface area (Å²) in [6.45, 7) is 0.462. The molecule has 0 spiro atoms. The van der Waals surface area contributed by atoms with Crippen LogP contribution in [0.1, 0.15) is 34.3 Å². The molecule has 2 aromatic rings. The number of nitrogens with zero attached hydrogens (tertiary/aromatic N) is 1. The standard InChI is InChI=1S/C22H24FN3O4/c1-24-21(28)20(7-4-10-27)26-13-17-16(22(26)29)5-3-6-19(17)25-12-14-8-9-15(30-2)11-18(14)23/h3,5-6,8-11,20,25H,4,7,12-13H2,1-2H3,(H,24,28). The number of aldehydes is 1. The second-order valence-corrected chi connectivity index (χ2v) is 6.95. The van der Waals surface area contributed by atoms with Crippen LogP contribution in [0.3, 0.4) is 0 Å². The minimum Gasteiger partial charge on any atom is -0.497 e. The van der Waals surface area contributed by atoms with E-state index in [0.29, 0.717) is 22.6 Å². The molecule has 30 heavy (non-hydrogen) atoms. The van der Waals surface area contributed by atoms with Crippen molar-refractivity contribution in [1.82, 2.24) is 10.2 Å². The van der Waals surface area contributed by atoms with Gasteiger partial charge in [0.2, 0.25) is 5.91 Å². The molecular formula is C22H24FN3O4. The average molecular weight is 413 g/mol. The van der Waals surface area contributed by atoms with Crippen LogP contribution in [-0.2, 0) is 22.7 Å². The lowest BCUT2D eigenvalue weighted by Crippen LogP contribution is -2.46. The number of nitrogens with one attached hydrogen (secondary N) is 2. The van der Waals surface area contributed by atoms with Gasteiger partial charge in [-0.3, -0.25) is 9.59 Å². The number of ether oxygens (including phenoxy) is 1. The maximum atomic E-state index is 14.2. The Morgan fingerprint density at radius 2 is 2.13 bits per heavy atom. The van der Waals surface area contributed by atoms with E-state index < -0.39 is 6.04 Å². The number of hydrogen-bond acceptors (Lipinski definition) is 5. The minimum atomic E-state index is -0.730. The van der Waals surface area contributed by atoms with Crippen molar-refractivity contribution in [2.24, 2.45) is 0 Å². The summed E-state index contributed by atoms with van der Waals surface area (Å²) in [7, 11) is 2.98. The molecular weight excluding hydrogens is 389 g/mol. The summed E-state index contributed by atoms with van der Waals surface area (Å²) in [4.78, 5) is 37.5. The molecule has 2 N–H and O–H groups in total. The maximum Gasteiger partial charge on any atom is 0.255 e. The number of fused-ring (bicyclic) bond motifs is 1. The van der Waals surface area contributed by atoms with Crippen molar-refractivity contribution in [2.75, 3.05) is 19.5 Å². The number of halogens is 1. The highest BCUT2D eigenvalue weighted by molar-refractivity contribution is 6.02. The first-order valence-electron chi connectivity index (χ1n) is 9.64. The van der Waals surface area contributed by atoms with Gasteiger partial charge in [0.15, 0.2) is 0 Å². The Morgan fingerprint density at radius 1 is 1.33 bits per heavy atom. The predicted octanol–water partition coefficient (Wildman–Crippen LogP) is 2.50. The molecule has 0 saturated heterocycles. The fourth-order valence-electron chi connectivity index (χ4n) is 3.58. The van der Waals surface area contributed by atoms with Crippen LogP contribution in [-0.4, -0.2) is 43.2 Å². The third-order valence-corrected chi connectivity index (χ3v) is 5.21. The number of amides is 2. The lowest BCUT2D eigenvalue weighted by molar-refractivity contribution is -0.125. The number of rotatable bonds is 9. The predicted molar refractivity (Wildman–Crippen MR) is 110 cm³/mol. The van der Waals surface area contributed by atoms with Crippen LogP contribution < -0.4 is 15.4 Å². The van der Waals surface area contributed by atoms with Gasteiger partial charge in [-0.1, -0.05) is 12.1 Å². The minimum absolute atomic E-state index is 0.181. The zero-order valence-corrected chi connectivity index (χ0v) is 16.9. The summed E-state index contributed by atoms with van der Waals surface area (Å²) < 4.78 is 19.3. The topological polar surface area (TPSA) is 87.7 Å². The monoisotopic (exact) mass is 413 g/mol. The van der Waals surface area contributed by atoms with E-state index in [1.165, 1.54) is 25.1 Å². The van der Waals surface area contributed by atoms with Gasteiger partial charge in [0.25, 0.3) is 5.91 Å². The quantitative estimate of drug-likeness (QED) is 0.617. The summed E-state index contributed by atoms with van der Waals surface area (Å²) in [5.41, 5.74) is 2.40. The van der Waals surface area contributed by atoms with Gasteiger partial charge in [-0.05, 0) is 24.6 Å². The molecule has 1 heterocycles. The summed E-state index contributed by atoms with van der Waals surface area (Å²) in [5.74, 6) is -0.522. The number of anilines is 1. The van der Waals surface area contributed by atoms with E-state index in [2.05, 4.69) is 10.6 Å². The second kappa shape index (κ2) is 9.39. The fraction of sp³-hybridized carbons (Fsp3) is 0.318. The highest BCUT2D eigenvalue weighted by Gasteiger charge is 2.36. The van der Waals surface area contributed by atoms with Crippen molar-refractivity contribution >= 4 is 23.8 Å². The number of likely N-dealkylation sites (N-methyl/N-ethyl adjacent to an activating group) is 1. The van der Waals surface area contributed by atoms with E-state index in [1.807, 2.05) is 6.07 Å². The van der Waals surface area contributed by atoms with Gasteiger partial charge in [0.05, 0.1) is 7.11 Å². The molecule has 1 unspecified atom stereocenters. The highest BCUT2D eigenvalue weighted by Crippen LogP contribution is 2.32. The first-order chi connectivity index (χ1) is 14.5. The molecule has 0 bridgehead atoms. The Hall–Kier alpha value is -3.42. The van der Waals surface area contributed by atoms with E-state index >= 15 is 0 Å². The van der Waals surface area contributed by atoms with Crippen LogP contribution in [0.2, 0.25) is 0 Å². The zero-order valence-electron chi connectivity index (χ0n) is 16.9. The summed E-state index contributed by atoms with van der Waals surface area (Å²) in [5, 5.41) is 5.75. The van der Waals surface area contributed by atoms with Crippen LogP contribution in [0.4, 0.5) is 10.1 Å². The number of carbonyl (C=O) groups excluding carboxylic acids is 3. The summed E-state index contributed by atoms with van der Waals surface area (Å²) in [6, 6.07) is 9.18. The highest BCUT2D eigenvalue weighted by atomic mass is 19.1. The molecule has 0 radical (unpaired) electrons. The van der Waals surface area contributed by atoms with Crippen molar-refractivity contribution in [3.05, 3.63) is 58.9 Å². The SMILES string of the molecule is CNC(=O)C(CCC=O)N1Cc2c(NCc3ccc(OC)cc3F)cccc2C1=O. The molecule has 3 rings (SSSR count). The average Bonchev–Trinajstić information content (AvgIpc) is 3.10. The molecule has 0 fully saturated rings. The van der Waals surface area contributed by atoms with Crippen LogP contribution in [0.15, 0.2) is 36.4 Å². The van der Waals surface area contributed by atoms with Crippen molar-refractivity contribution in [1.29, 1.82) is 0 Å². The molecule has 158 valence electrons. The summed E-state index contributed by atoms with van der Waals surface area (Å²) in [6.07, 6.45) is 1.17. The molecule has 2 amide bonds. The van der Waals surface area contributed by atoms with E-state index in [-0.39, 0.29) is 43.6 Å².